The summed E-state index contributed by atoms with van der Waals surface area (Å²) in [6.07, 6.45) is 2.80. The van der Waals surface area contributed by atoms with E-state index in [0.717, 1.165) is 16.7 Å². The average molecular weight is 589 g/mol. The summed E-state index contributed by atoms with van der Waals surface area (Å²) in [5, 5.41) is 9.51. The summed E-state index contributed by atoms with van der Waals surface area (Å²) in [5.74, 6) is 0. The van der Waals surface area contributed by atoms with Crippen LogP contribution in [0.4, 0.5) is 0 Å². The molecular weight excluding hydrogens is 566 g/mol. The second-order valence-corrected chi connectivity index (χ2v) is 11.8. The quantitative estimate of drug-likeness (QED) is 0.331. The maximum atomic E-state index is 14.0. The maximum absolute atomic E-state index is 14.0. The number of sulfonamides is 1. The summed E-state index contributed by atoms with van der Waals surface area (Å²) in [6.45, 7) is 2.54. The summed E-state index contributed by atoms with van der Waals surface area (Å²) < 4.78 is 30.8. The first-order chi connectivity index (χ1) is 15.8. The molecule has 3 aromatic carbocycles. The zero-order valence-electron chi connectivity index (χ0n) is 18.0. The first-order valence-corrected chi connectivity index (χ1v) is 13.6. The van der Waals surface area contributed by atoms with Gasteiger partial charge in [0.15, 0.2) is 6.19 Å². The van der Waals surface area contributed by atoms with E-state index < -0.39 is 10.0 Å². The molecule has 2 atom stereocenters. The van der Waals surface area contributed by atoms with Crippen LogP contribution < -0.4 is 0 Å². The minimum Gasteiger partial charge on any atom is -0.306 e. The van der Waals surface area contributed by atoms with Gasteiger partial charge in [0.25, 0.3) is 0 Å². The standard InChI is InChI=1S/C25H23Br2N3O2S/c1-18-13-22(16-29(18)17-28)30(33(31,32)25-14-21(26)11-12-24(25)27)15-20-9-5-6-10-23(20)19-7-3-2-4-8-19/h2-12,14,18,22H,13,15-16H2,1H3/t18-,22+/m0/s1. The normalized spacial score (nSPS) is 18.5. The molecule has 3 aromatic rings. The van der Waals surface area contributed by atoms with Crippen LogP contribution in [0.15, 0.2) is 86.6 Å². The van der Waals surface area contributed by atoms with E-state index in [1.807, 2.05) is 61.5 Å². The van der Waals surface area contributed by atoms with Crippen molar-refractivity contribution in [2.45, 2.75) is 36.9 Å². The van der Waals surface area contributed by atoms with Crippen molar-refractivity contribution in [2.24, 2.45) is 0 Å². The number of benzene rings is 3. The molecule has 0 spiro atoms. The Balaban J connectivity index is 1.81. The molecule has 0 radical (unpaired) electrons. The fourth-order valence-electron chi connectivity index (χ4n) is 4.29. The maximum Gasteiger partial charge on any atom is 0.244 e. The summed E-state index contributed by atoms with van der Waals surface area (Å²) in [7, 11) is -3.87. The van der Waals surface area contributed by atoms with E-state index in [1.165, 1.54) is 0 Å². The lowest BCUT2D eigenvalue weighted by atomic mass is 9.99. The Morgan fingerprint density at radius 1 is 1.06 bits per heavy atom. The van der Waals surface area contributed by atoms with E-state index >= 15 is 0 Å². The molecule has 0 aromatic heterocycles. The highest BCUT2D eigenvalue weighted by Crippen LogP contribution is 2.35. The van der Waals surface area contributed by atoms with Crippen molar-refractivity contribution < 1.29 is 8.42 Å². The first kappa shape index (κ1) is 24.0. The van der Waals surface area contributed by atoms with Crippen LogP contribution in [-0.4, -0.2) is 36.3 Å². The van der Waals surface area contributed by atoms with Gasteiger partial charge in [0.05, 0.1) is 4.90 Å². The second-order valence-electron chi connectivity index (χ2n) is 8.14. The smallest absolute Gasteiger partial charge is 0.244 e. The van der Waals surface area contributed by atoms with E-state index in [2.05, 4.69) is 38.1 Å². The van der Waals surface area contributed by atoms with E-state index in [9.17, 15) is 13.7 Å². The topological polar surface area (TPSA) is 64.4 Å². The molecule has 1 saturated heterocycles. The van der Waals surface area contributed by atoms with Crippen molar-refractivity contribution in [3.05, 3.63) is 87.3 Å². The average Bonchev–Trinajstić information content (AvgIpc) is 3.19. The predicted molar refractivity (Wildman–Crippen MR) is 137 cm³/mol. The van der Waals surface area contributed by atoms with Crippen molar-refractivity contribution >= 4 is 41.9 Å². The molecule has 0 saturated carbocycles. The number of nitrogens with zero attached hydrogens (tertiary/aromatic N) is 3. The van der Waals surface area contributed by atoms with Crippen molar-refractivity contribution in [2.75, 3.05) is 6.54 Å². The fourth-order valence-corrected chi connectivity index (χ4v) is 7.36. The number of hydrogen-bond donors (Lipinski definition) is 0. The molecule has 0 N–H and O–H groups in total. The van der Waals surface area contributed by atoms with Gasteiger partial charge in [-0.15, -0.1) is 0 Å². The third-order valence-corrected chi connectivity index (χ3v) is 9.38. The minimum atomic E-state index is -3.87. The van der Waals surface area contributed by atoms with Crippen LogP contribution >= 0.6 is 31.9 Å². The van der Waals surface area contributed by atoms with E-state index in [-0.39, 0.29) is 23.5 Å². The molecule has 1 heterocycles. The summed E-state index contributed by atoms with van der Waals surface area (Å²) >= 11 is 6.83. The highest BCUT2D eigenvalue weighted by molar-refractivity contribution is 9.11. The number of nitriles is 1. The van der Waals surface area contributed by atoms with Crippen LogP contribution in [0, 0.1) is 11.5 Å². The molecule has 0 amide bonds. The second kappa shape index (κ2) is 9.98. The molecule has 1 fully saturated rings. The highest BCUT2D eigenvalue weighted by Gasteiger charge is 2.40. The SMILES string of the molecule is C[C@H]1C[C@@H](N(Cc2ccccc2-c2ccccc2)S(=O)(=O)c2cc(Br)ccc2Br)CN1C#N. The van der Waals surface area contributed by atoms with Crippen LogP contribution in [-0.2, 0) is 16.6 Å². The van der Waals surface area contributed by atoms with Crippen LogP contribution in [0.5, 0.6) is 0 Å². The fraction of sp³-hybridized carbons (Fsp3) is 0.240. The van der Waals surface area contributed by atoms with Gasteiger partial charge in [-0.05, 0) is 64.2 Å². The summed E-state index contributed by atoms with van der Waals surface area (Å²) in [6, 6.07) is 22.7. The van der Waals surface area contributed by atoms with Crippen molar-refractivity contribution in [3.63, 3.8) is 0 Å². The largest absolute Gasteiger partial charge is 0.306 e. The van der Waals surface area contributed by atoms with Gasteiger partial charge in [-0.1, -0.05) is 70.5 Å². The molecule has 0 aliphatic carbocycles. The number of hydrogen-bond acceptors (Lipinski definition) is 4. The third-order valence-electron chi connectivity index (χ3n) is 6.00. The van der Waals surface area contributed by atoms with Gasteiger partial charge >= 0.3 is 0 Å². The molecule has 8 heteroatoms. The van der Waals surface area contributed by atoms with Crippen LogP contribution in [0.25, 0.3) is 11.1 Å². The summed E-state index contributed by atoms with van der Waals surface area (Å²) in [5.41, 5.74) is 2.95. The molecule has 33 heavy (non-hydrogen) atoms. The Hall–Kier alpha value is -2.18. The van der Waals surface area contributed by atoms with Gasteiger partial charge in [0.2, 0.25) is 10.0 Å². The lowest BCUT2D eigenvalue weighted by molar-refractivity contribution is 0.313. The van der Waals surface area contributed by atoms with Gasteiger partial charge in [-0.3, -0.25) is 0 Å². The molecular formula is C25H23Br2N3O2S. The van der Waals surface area contributed by atoms with E-state index in [0.29, 0.717) is 21.9 Å². The lowest BCUT2D eigenvalue weighted by Crippen LogP contribution is -2.41. The number of rotatable bonds is 6. The molecule has 1 aliphatic rings. The minimum absolute atomic E-state index is 0.0204. The molecule has 170 valence electrons. The lowest BCUT2D eigenvalue weighted by Gasteiger charge is -2.29. The third kappa shape index (κ3) is 5.02. The number of halogens is 2. The Morgan fingerprint density at radius 2 is 1.76 bits per heavy atom. The zero-order chi connectivity index (χ0) is 23.6. The summed E-state index contributed by atoms with van der Waals surface area (Å²) in [4.78, 5) is 1.86. The monoisotopic (exact) mass is 587 g/mol. The van der Waals surface area contributed by atoms with Gasteiger partial charge in [-0.2, -0.15) is 9.57 Å². The van der Waals surface area contributed by atoms with Crippen molar-refractivity contribution in [3.8, 4) is 17.3 Å². The Morgan fingerprint density at radius 3 is 2.45 bits per heavy atom. The first-order valence-electron chi connectivity index (χ1n) is 10.6. The van der Waals surface area contributed by atoms with E-state index in [4.69, 9.17) is 0 Å². The van der Waals surface area contributed by atoms with Crippen molar-refractivity contribution in [1.82, 2.24) is 9.21 Å². The Kier molecular flexibility index (Phi) is 7.25. The molecule has 0 unspecified atom stereocenters. The number of likely N-dealkylation sites (tertiary alicyclic amines) is 1. The molecule has 5 nitrogen and oxygen atoms in total. The Labute approximate surface area is 212 Å². The van der Waals surface area contributed by atoms with Crippen LogP contribution in [0.3, 0.4) is 0 Å². The van der Waals surface area contributed by atoms with Gasteiger partial charge in [0, 0.05) is 34.1 Å². The van der Waals surface area contributed by atoms with Crippen molar-refractivity contribution in [1.29, 1.82) is 5.26 Å². The van der Waals surface area contributed by atoms with Gasteiger partial charge < -0.3 is 4.90 Å². The molecule has 0 bridgehead atoms. The molecule has 1 aliphatic heterocycles. The predicted octanol–water partition coefficient (Wildman–Crippen LogP) is 6.01. The molecule has 4 rings (SSSR count). The zero-order valence-corrected chi connectivity index (χ0v) is 22.0. The van der Waals surface area contributed by atoms with E-state index in [1.54, 1.807) is 27.4 Å². The van der Waals surface area contributed by atoms with Gasteiger partial charge in [-0.25, -0.2) is 8.42 Å². The Bertz CT molecular complexity index is 1290. The highest BCUT2D eigenvalue weighted by atomic mass is 79.9. The van der Waals surface area contributed by atoms with Gasteiger partial charge in [0.1, 0.15) is 0 Å². The van der Waals surface area contributed by atoms with Crippen LogP contribution in [0.1, 0.15) is 18.9 Å². The van der Waals surface area contributed by atoms with Crippen LogP contribution in [0.2, 0.25) is 0 Å².